The van der Waals surface area contributed by atoms with Crippen LogP contribution >= 0.6 is 11.6 Å². The number of amides is 1. The molecule has 0 radical (unpaired) electrons. The van der Waals surface area contributed by atoms with Crippen molar-refractivity contribution in [1.29, 1.82) is 0 Å². The molecule has 1 heterocycles. The van der Waals surface area contributed by atoms with E-state index in [2.05, 4.69) is 15.5 Å². The van der Waals surface area contributed by atoms with Gasteiger partial charge in [-0.3, -0.25) is 4.79 Å². The third-order valence-electron chi connectivity index (χ3n) is 3.66. The lowest BCUT2D eigenvalue weighted by atomic mass is 10.2. The summed E-state index contributed by atoms with van der Waals surface area (Å²) in [5.74, 6) is 1.03. The largest absolute Gasteiger partial charge is 0.378 e. The van der Waals surface area contributed by atoms with E-state index in [4.69, 9.17) is 20.9 Å². The maximum atomic E-state index is 11.9. The maximum absolute atomic E-state index is 11.9. The van der Waals surface area contributed by atoms with Gasteiger partial charge in [0.05, 0.1) is 12.0 Å². The standard InChI is InChI=1S/C16H18ClN3O3/c1-2-22-13-9-12(13)16(21)18-8-7-14-19-15(20-23-14)10-3-5-11(17)6-4-10/h3-6,12-13H,2,7-9H2,1H3,(H,18,21). The minimum Gasteiger partial charge on any atom is -0.378 e. The molecule has 7 heteroatoms. The molecule has 1 N–H and O–H groups in total. The lowest BCUT2D eigenvalue weighted by Gasteiger charge is -2.02. The van der Waals surface area contributed by atoms with Crippen LogP contribution in [0.1, 0.15) is 19.2 Å². The summed E-state index contributed by atoms with van der Waals surface area (Å²) in [5.41, 5.74) is 0.839. The van der Waals surface area contributed by atoms with Gasteiger partial charge in [0.25, 0.3) is 0 Å². The summed E-state index contributed by atoms with van der Waals surface area (Å²) in [4.78, 5) is 16.2. The predicted molar refractivity (Wildman–Crippen MR) is 85.0 cm³/mol. The van der Waals surface area contributed by atoms with Gasteiger partial charge in [-0.15, -0.1) is 0 Å². The predicted octanol–water partition coefficient (Wildman–Crippen LogP) is 2.47. The Hall–Kier alpha value is -1.92. The van der Waals surface area contributed by atoms with Crippen molar-refractivity contribution in [3.63, 3.8) is 0 Å². The van der Waals surface area contributed by atoms with Crippen LogP contribution in [-0.2, 0) is 16.0 Å². The Balaban J connectivity index is 1.46. The molecule has 0 aliphatic heterocycles. The van der Waals surface area contributed by atoms with Crippen molar-refractivity contribution < 1.29 is 14.1 Å². The van der Waals surface area contributed by atoms with Gasteiger partial charge < -0.3 is 14.6 Å². The first-order chi connectivity index (χ1) is 11.2. The maximum Gasteiger partial charge on any atom is 0.228 e. The molecule has 1 saturated carbocycles. The number of nitrogens with zero attached hydrogens (tertiary/aromatic N) is 2. The molecule has 23 heavy (non-hydrogen) atoms. The molecular formula is C16H18ClN3O3. The van der Waals surface area contributed by atoms with Crippen LogP contribution in [0.4, 0.5) is 0 Å². The Morgan fingerprint density at radius 3 is 2.96 bits per heavy atom. The van der Waals surface area contributed by atoms with Gasteiger partial charge in [-0.2, -0.15) is 4.98 Å². The number of carbonyl (C=O) groups excluding carboxylic acids is 1. The van der Waals surface area contributed by atoms with Crippen LogP contribution in [0.5, 0.6) is 0 Å². The summed E-state index contributed by atoms with van der Waals surface area (Å²) >= 11 is 5.85. The highest BCUT2D eigenvalue weighted by Crippen LogP contribution is 2.33. The molecule has 1 amide bonds. The summed E-state index contributed by atoms with van der Waals surface area (Å²) in [6.45, 7) is 3.04. The Morgan fingerprint density at radius 2 is 2.22 bits per heavy atom. The molecule has 0 spiro atoms. The smallest absolute Gasteiger partial charge is 0.228 e. The first-order valence-electron chi connectivity index (χ1n) is 7.65. The molecule has 1 aliphatic carbocycles. The number of carbonyl (C=O) groups is 1. The SMILES string of the molecule is CCOC1CC1C(=O)NCCc1nc(-c2ccc(Cl)cc2)no1. The van der Waals surface area contributed by atoms with Gasteiger partial charge in [-0.1, -0.05) is 16.8 Å². The highest BCUT2D eigenvalue weighted by molar-refractivity contribution is 6.30. The number of benzene rings is 1. The second-order valence-electron chi connectivity index (χ2n) is 5.40. The molecule has 1 aliphatic rings. The number of hydrogen-bond donors (Lipinski definition) is 1. The van der Waals surface area contributed by atoms with Crippen LogP contribution in [0.2, 0.25) is 5.02 Å². The zero-order chi connectivity index (χ0) is 16.2. The number of hydrogen-bond acceptors (Lipinski definition) is 5. The van der Waals surface area contributed by atoms with Crippen LogP contribution in [0.15, 0.2) is 28.8 Å². The summed E-state index contributed by atoms with van der Waals surface area (Å²) in [7, 11) is 0. The average molecular weight is 336 g/mol. The zero-order valence-corrected chi connectivity index (χ0v) is 13.5. The van der Waals surface area contributed by atoms with Crippen molar-refractivity contribution in [1.82, 2.24) is 15.5 Å². The molecule has 122 valence electrons. The molecule has 3 rings (SSSR count). The van der Waals surface area contributed by atoms with Gasteiger partial charge >= 0.3 is 0 Å². The lowest BCUT2D eigenvalue weighted by Crippen LogP contribution is -2.28. The van der Waals surface area contributed by atoms with Gasteiger partial charge in [0.15, 0.2) is 0 Å². The molecule has 1 aromatic carbocycles. The van der Waals surface area contributed by atoms with E-state index in [-0.39, 0.29) is 17.9 Å². The van der Waals surface area contributed by atoms with E-state index in [1.165, 1.54) is 0 Å². The van der Waals surface area contributed by atoms with Gasteiger partial charge in [-0.05, 0) is 37.6 Å². The van der Waals surface area contributed by atoms with E-state index >= 15 is 0 Å². The fourth-order valence-corrected chi connectivity index (χ4v) is 2.47. The molecule has 2 aromatic rings. The summed E-state index contributed by atoms with van der Waals surface area (Å²) in [6.07, 6.45) is 1.39. The number of ether oxygens (including phenoxy) is 1. The van der Waals surface area contributed by atoms with E-state index in [1.807, 2.05) is 19.1 Å². The van der Waals surface area contributed by atoms with Crippen molar-refractivity contribution in [2.45, 2.75) is 25.9 Å². The van der Waals surface area contributed by atoms with E-state index < -0.39 is 0 Å². The fraction of sp³-hybridized carbons (Fsp3) is 0.438. The molecule has 1 aromatic heterocycles. The fourth-order valence-electron chi connectivity index (χ4n) is 2.34. The van der Waals surface area contributed by atoms with Crippen LogP contribution in [0.25, 0.3) is 11.4 Å². The highest BCUT2D eigenvalue weighted by Gasteiger charge is 2.43. The third kappa shape index (κ3) is 4.09. The summed E-state index contributed by atoms with van der Waals surface area (Å²) in [5, 5.41) is 7.47. The first kappa shape index (κ1) is 16.0. The molecule has 0 saturated heterocycles. The Bertz CT molecular complexity index is 671. The van der Waals surface area contributed by atoms with Crippen molar-refractivity contribution in [2.75, 3.05) is 13.2 Å². The Kier molecular flexibility index (Phi) is 4.93. The number of halogens is 1. The number of rotatable bonds is 7. The van der Waals surface area contributed by atoms with Crippen molar-refractivity contribution >= 4 is 17.5 Å². The second-order valence-corrected chi connectivity index (χ2v) is 5.83. The average Bonchev–Trinajstić information content (AvgIpc) is 3.16. The molecule has 6 nitrogen and oxygen atoms in total. The van der Waals surface area contributed by atoms with Gasteiger partial charge in [0.1, 0.15) is 0 Å². The molecule has 2 atom stereocenters. The minimum absolute atomic E-state index is 0.0118. The monoisotopic (exact) mass is 335 g/mol. The normalized spacial score (nSPS) is 19.6. The number of aromatic nitrogens is 2. The first-order valence-corrected chi connectivity index (χ1v) is 8.03. The second kappa shape index (κ2) is 7.10. The summed E-state index contributed by atoms with van der Waals surface area (Å²) in [6, 6.07) is 7.22. The topological polar surface area (TPSA) is 77.2 Å². The lowest BCUT2D eigenvalue weighted by molar-refractivity contribution is -0.123. The number of nitrogens with one attached hydrogen (secondary N) is 1. The van der Waals surface area contributed by atoms with Crippen LogP contribution < -0.4 is 5.32 Å². The van der Waals surface area contributed by atoms with Gasteiger partial charge in [0, 0.05) is 30.2 Å². The van der Waals surface area contributed by atoms with E-state index in [1.54, 1.807) is 12.1 Å². The van der Waals surface area contributed by atoms with Gasteiger partial charge in [-0.25, -0.2) is 0 Å². The van der Waals surface area contributed by atoms with E-state index in [9.17, 15) is 4.79 Å². The Morgan fingerprint density at radius 1 is 1.43 bits per heavy atom. The van der Waals surface area contributed by atoms with E-state index in [0.29, 0.717) is 36.3 Å². The summed E-state index contributed by atoms with van der Waals surface area (Å²) < 4.78 is 10.6. The van der Waals surface area contributed by atoms with Crippen molar-refractivity contribution in [3.8, 4) is 11.4 Å². The van der Waals surface area contributed by atoms with Crippen LogP contribution in [0.3, 0.4) is 0 Å². The van der Waals surface area contributed by atoms with Crippen molar-refractivity contribution in [2.24, 2.45) is 5.92 Å². The Labute approximate surface area is 139 Å². The molecule has 0 bridgehead atoms. The van der Waals surface area contributed by atoms with Crippen LogP contribution in [-0.4, -0.2) is 35.3 Å². The van der Waals surface area contributed by atoms with E-state index in [0.717, 1.165) is 12.0 Å². The third-order valence-corrected chi connectivity index (χ3v) is 3.91. The molecule has 2 unspecified atom stereocenters. The molecular weight excluding hydrogens is 318 g/mol. The van der Waals surface area contributed by atoms with Crippen molar-refractivity contribution in [3.05, 3.63) is 35.2 Å². The van der Waals surface area contributed by atoms with Gasteiger partial charge in [0.2, 0.25) is 17.6 Å². The highest BCUT2D eigenvalue weighted by atomic mass is 35.5. The minimum atomic E-state index is -0.0118. The quantitative estimate of drug-likeness (QED) is 0.841. The van der Waals surface area contributed by atoms with Crippen LogP contribution in [0, 0.1) is 5.92 Å². The zero-order valence-electron chi connectivity index (χ0n) is 12.8. The molecule has 1 fully saturated rings.